The molecule has 0 aromatic heterocycles. The van der Waals surface area contributed by atoms with Crippen molar-refractivity contribution in [3.63, 3.8) is 0 Å². The van der Waals surface area contributed by atoms with Crippen LogP contribution < -0.4 is 5.32 Å². The van der Waals surface area contributed by atoms with Crippen molar-refractivity contribution in [1.82, 2.24) is 15.1 Å². The van der Waals surface area contributed by atoms with Crippen LogP contribution in [0.5, 0.6) is 0 Å². The minimum absolute atomic E-state index is 0.175. The van der Waals surface area contributed by atoms with Gasteiger partial charge < -0.3 is 19.9 Å². The average Bonchev–Trinajstić information content (AvgIpc) is 2.61. The molecule has 0 saturated carbocycles. The molecule has 1 N–H and O–H groups in total. The second kappa shape index (κ2) is 8.88. The van der Waals surface area contributed by atoms with Crippen LogP contribution in [0.2, 0.25) is 0 Å². The van der Waals surface area contributed by atoms with E-state index < -0.39 is 5.60 Å². The topological polar surface area (TPSA) is 44.8 Å². The number of likely N-dealkylation sites (tertiary alicyclic amines) is 1. The van der Waals surface area contributed by atoms with Gasteiger partial charge >= 0.3 is 6.09 Å². The number of carbonyl (C=O) groups is 1. The zero-order valence-corrected chi connectivity index (χ0v) is 16.2. The fourth-order valence-corrected chi connectivity index (χ4v) is 3.11. The van der Waals surface area contributed by atoms with Crippen LogP contribution in [0.15, 0.2) is 0 Å². The van der Waals surface area contributed by atoms with Gasteiger partial charge in [0.15, 0.2) is 0 Å². The van der Waals surface area contributed by atoms with Gasteiger partial charge in [-0.2, -0.15) is 0 Å². The van der Waals surface area contributed by atoms with E-state index in [9.17, 15) is 4.79 Å². The number of amides is 1. The van der Waals surface area contributed by atoms with Crippen molar-refractivity contribution in [2.45, 2.75) is 71.6 Å². The molecule has 1 rings (SSSR count). The molecule has 0 spiro atoms. The lowest BCUT2D eigenvalue weighted by atomic mass is 10.0. The highest BCUT2D eigenvalue weighted by Gasteiger charge is 2.25. The molecule has 5 nitrogen and oxygen atoms in total. The maximum absolute atomic E-state index is 12.2. The molecule has 1 saturated heterocycles. The van der Waals surface area contributed by atoms with E-state index in [1.165, 1.54) is 0 Å². The quantitative estimate of drug-likeness (QED) is 0.843. The Hall–Kier alpha value is -0.810. The third-order valence-corrected chi connectivity index (χ3v) is 4.43. The van der Waals surface area contributed by atoms with Gasteiger partial charge in [-0.05, 0) is 60.0 Å². The van der Waals surface area contributed by atoms with E-state index in [0.29, 0.717) is 18.0 Å². The van der Waals surface area contributed by atoms with Gasteiger partial charge in [-0.15, -0.1) is 0 Å². The molecule has 2 unspecified atom stereocenters. The summed E-state index contributed by atoms with van der Waals surface area (Å²) in [5.41, 5.74) is -0.419. The van der Waals surface area contributed by atoms with Crippen LogP contribution >= 0.6 is 0 Å². The van der Waals surface area contributed by atoms with E-state index in [1.807, 2.05) is 25.7 Å². The van der Waals surface area contributed by atoms with Crippen molar-refractivity contribution < 1.29 is 9.53 Å². The lowest BCUT2D eigenvalue weighted by Gasteiger charge is -2.30. The van der Waals surface area contributed by atoms with Gasteiger partial charge in [-0.3, -0.25) is 0 Å². The Labute approximate surface area is 142 Å². The molecule has 1 heterocycles. The molecule has 23 heavy (non-hydrogen) atoms. The van der Waals surface area contributed by atoms with E-state index in [-0.39, 0.29) is 6.09 Å². The molecular weight excluding hydrogens is 290 g/mol. The minimum Gasteiger partial charge on any atom is -0.444 e. The van der Waals surface area contributed by atoms with Crippen LogP contribution in [0.25, 0.3) is 0 Å². The summed E-state index contributed by atoms with van der Waals surface area (Å²) in [5.74, 6) is 0.626. The fraction of sp³-hybridized carbons (Fsp3) is 0.944. The number of rotatable bonds is 5. The highest BCUT2D eigenvalue weighted by molar-refractivity contribution is 5.68. The summed E-state index contributed by atoms with van der Waals surface area (Å²) in [5, 5.41) is 3.71. The zero-order valence-electron chi connectivity index (χ0n) is 16.2. The van der Waals surface area contributed by atoms with Gasteiger partial charge in [0.25, 0.3) is 0 Å². The predicted octanol–water partition coefficient (Wildman–Crippen LogP) is 2.95. The Kier molecular flexibility index (Phi) is 7.81. The second-order valence-corrected chi connectivity index (χ2v) is 8.28. The summed E-state index contributed by atoms with van der Waals surface area (Å²) < 4.78 is 5.49. The standard InChI is InChI=1S/C18H37N3O2/c1-14(2)16(20(6)7)13-19-15-9-8-11-21(12-10-15)17(22)23-18(3,4)5/h14-16,19H,8-13H2,1-7H3. The molecule has 1 aliphatic rings. The Balaban J connectivity index is 2.45. The Morgan fingerprint density at radius 1 is 1.26 bits per heavy atom. The number of ether oxygens (including phenoxy) is 1. The predicted molar refractivity (Wildman–Crippen MR) is 95.8 cm³/mol. The number of hydrogen-bond acceptors (Lipinski definition) is 4. The van der Waals surface area contributed by atoms with E-state index >= 15 is 0 Å². The van der Waals surface area contributed by atoms with E-state index in [0.717, 1.165) is 38.9 Å². The van der Waals surface area contributed by atoms with Crippen LogP contribution in [-0.4, -0.2) is 67.3 Å². The summed E-state index contributed by atoms with van der Waals surface area (Å²) in [6, 6.07) is 1.03. The van der Waals surface area contributed by atoms with Crippen molar-refractivity contribution in [2.75, 3.05) is 33.7 Å². The normalized spacial score (nSPS) is 21.4. The van der Waals surface area contributed by atoms with Crippen LogP contribution in [0, 0.1) is 5.92 Å². The molecule has 0 aliphatic carbocycles. The monoisotopic (exact) mass is 327 g/mol. The maximum atomic E-state index is 12.2. The first-order chi connectivity index (χ1) is 10.6. The second-order valence-electron chi connectivity index (χ2n) is 8.28. The van der Waals surface area contributed by atoms with Crippen LogP contribution in [-0.2, 0) is 4.74 Å². The molecule has 0 aromatic rings. The van der Waals surface area contributed by atoms with Crippen LogP contribution in [0.1, 0.15) is 53.9 Å². The number of nitrogens with zero attached hydrogens (tertiary/aromatic N) is 2. The van der Waals surface area contributed by atoms with Crippen molar-refractivity contribution >= 4 is 6.09 Å². The molecule has 0 bridgehead atoms. The van der Waals surface area contributed by atoms with Crippen molar-refractivity contribution in [3.05, 3.63) is 0 Å². The molecule has 1 amide bonds. The molecule has 1 fully saturated rings. The van der Waals surface area contributed by atoms with Crippen LogP contribution in [0.4, 0.5) is 4.79 Å². The first-order valence-corrected chi connectivity index (χ1v) is 8.98. The first-order valence-electron chi connectivity index (χ1n) is 8.98. The van der Waals surface area contributed by atoms with E-state index in [1.54, 1.807) is 0 Å². The van der Waals surface area contributed by atoms with E-state index in [4.69, 9.17) is 4.74 Å². The van der Waals surface area contributed by atoms with Crippen molar-refractivity contribution in [2.24, 2.45) is 5.92 Å². The summed E-state index contributed by atoms with van der Waals surface area (Å²) in [6.07, 6.45) is 2.98. The maximum Gasteiger partial charge on any atom is 0.410 e. The minimum atomic E-state index is -0.419. The van der Waals surface area contributed by atoms with Gasteiger partial charge in [-0.25, -0.2) is 4.79 Å². The third kappa shape index (κ3) is 7.53. The third-order valence-electron chi connectivity index (χ3n) is 4.43. The molecule has 2 atom stereocenters. The van der Waals surface area contributed by atoms with Crippen LogP contribution in [0.3, 0.4) is 0 Å². The number of hydrogen-bond donors (Lipinski definition) is 1. The first kappa shape index (κ1) is 20.2. The summed E-state index contributed by atoms with van der Waals surface area (Å²) >= 11 is 0. The lowest BCUT2D eigenvalue weighted by molar-refractivity contribution is 0.0256. The molecule has 0 aromatic carbocycles. The van der Waals surface area contributed by atoms with Gasteiger partial charge in [0, 0.05) is 31.7 Å². The van der Waals surface area contributed by atoms with Gasteiger partial charge in [-0.1, -0.05) is 13.8 Å². The zero-order chi connectivity index (χ0) is 17.6. The molecule has 0 radical (unpaired) electrons. The summed E-state index contributed by atoms with van der Waals surface area (Å²) in [7, 11) is 4.29. The number of carbonyl (C=O) groups excluding carboxylic acids is 1. The van der Waals surface area contributed by atoms with Gasteiger partial charge in [0.1, 0.15) is 5.60 Å². The highest BCUT2D eigenvalue weighted by Crippen LogP contribution is 2.16. The van der Waals surface area contributed by atoms with Crippen molar-refractivity contribution in [3.8, 4) is 0 Å². The largest absolute Gasteiger partial charge is 0.444 e. The SMILES string of the molecule is CC(C)C(CNC1CCCN(C(=O)OC(C)(C)C)CC1)N(C)C. The smallest absolute Gasteiger partial charge is 0.410 e. The average molecular weight is 328 g/mol. The molecule has 5 heteroatoms. The van der Waals surface area contributed by atoms with Gasteiger partial charge in [0.05, 0.1) is 0 Å². The molecule has 136 valence electrons. The number of likely N-dealkylation sites (N-methyl/N-ethyl adjacent to an activating group) is 1. The number of nitrogens with one attached hydrogen (secondary N) is 1. The van der Waals surface area contributed by atoms with Crippen molar-refractivity contribution in [1.29, 1.82) is 0 Å². The lowest BCUT2D eigenvalue weighted by Crippen LogP contribution is -2.45. The summed E-state index contributed by atoms with van der Waals surface area (Å²) in [6.45, 7) is 12.9. The fourth-order valence-electron chi connectivity index (χ4n) is 3.11. The highest BCUT2D eigenvalue weighted by atomic mass is 16.6. The Bertz CT molecular complexity index is 356. The Morgan fingerprint density at radius 2 is 1.91 bits per heavy atom. The summed E-state index contributed by atoms with van der Waals surface area (Å²) in [4.78, 5) is 16.3. The molecule has 1 aliphatic heterocycles. The van der Waals surface area contributed by atoms with E-state index in [2.05, 4.69) is 38.2 Å². The molecular formula is C18H37N3O2. The van der Waals surface area contributed by atoms with Gasteiger partial charge in [0.2, 0.25) is 0 Å². The Morgan fingerprint density at radius 3 is 2.43 bits per heavy atom.